The fourth-order valence-corrected chi connectivity index (χ4v) is 3.18. The largest absolute Gasteiger partial charge is 0.368 e. The van der Waals surface area contributed by atoms with E-state index >= 15 is 0 Å². The van der Waals surface area contributed by atoms with Crippen molar-refractivity contribution in [2.75, 3.05) is 26.0 Å². The number of aromatic nitrogens is 1. The van der Waals surface area contributed by atoms with Crippen LogP contribution in [0.5, 0.6) is 0 Å². The van der Waals surface area contributed by atoms with Gasteiger partial charge in [0.05, 0.1) is 0 Å². The van der Waals surface area contributed by atoms with E-state index in [1.807, 2.05) is 6.20 Å². The van der Waals surface area contributed by atoms with Crippen molar-refractivity contribution >= 4 is 5.82 Å². The number of nitrogens with zero attached hydrogens (tertiary/aromatic N) is 2. The lowest BCUT2D eigenvalue weighted by atomic mass is 9.75. The number of likely N-dealkylation sites (N-methyl/N-ethyl adjacent to an activating group) is 1. The van der Waals surface area contributed by atoms with E-state index in [1.165, 1.54) is 31.2 Å². The van der Waals surface area contributed by atoms with Gasteiger partial charge in [-0.05, 0) is 51.4 Å². The van der Waals surface area contributed by atoms with Crippen LogP contribution in [0.2, 0.25) is 0 Å². The summed E-state index contributed by atoms with van der Waals surface area (Å²) in [5.41, 5.74) is 1.49. The van der Waals surface area contributed by atoms with Gasteiger partial charge in [0.25, 0.3) is 0 Å². The highest BCUT2D eigenvalue weighted by molar-refractivity contribution is 5.36. The first-order valence-corrected chi connectivity index (χ1v) is 7.36. The summed E-state index contributed by atoms with van der Waals surface area (Å²) in [6.45, 7) is 5.43. The topological polar surface area (TPSA) is 28.2 Å². The Labute approximate surface area is 117 Å². The van der Waals surface area contributed by atoms with Crippen LogP contribution in [0, 0.1) is 12.8 Å². The Morgan fingerprint density at radius 3 is 2.79 bits per heavy atom. The Balaban J connectivity index is 2.03. The van der Waals surface area contributed by atoms with E-state index < -0.39 is 0 Å². The zero-order valence-corrected chi connectivity index (χ0v) is 12.7. The van der Waals surface area contributed by atoms with E-state index in [-0.39, 0.29) is 5.54 Å². The zero-order valence-electron chi connectivity index (χ0n) is 12.7. The molecule has 1 N–H and O–H groups in total. The molecule has 0 amide bonds. The highest BCUT2D eigenvalue weighted by atomic mass is 15.2. The first kappa shape index (κ1) is 14.3. The summed E-state index contributed by atoms with van der Waals surface area (Å²) >= 11 is 0. The van der Waals surface area contributed by atoms with E-state index in [1.54, 1.807) is 0 Å². The molecule has 106 valence electrons. The minimum absolute atomic E-state index is 0.282. The normalized spacial score (nSPS) is 27.5. The van der Waals surface area contributed by atoms with E-state index in [9.17, 15) is 0 Å². The maximum atomic E-state index is 4.44. The molecule has 1 saturated carbocycles. The van der Waals surface area contributed by atoms with Crippen LogP contribution in [0.4, 0.5) is 5.82 Å². The second-order valence-corrected chi connectivity index (χ2v) is 6.39. The number of hydrogen-bond acceptors (Lipinski definition) is 3. The van der Waals surface area contributed by atoms with Gasteiger partial charge in [0.15, 0.2) is 0 Å². The van der Waals surface area contributed by atoms with Gasteiger partial charge < -0.3 is 10.2 Å². The van der Waals surface area contributed by atoms with Gasteiger partial charge in [0.2, 0.25) is 0 Å². The third-order valence-electron chi connectivity index (χ3n) is 4.53. The summed E-state index contributed by atoms with van der Waals surface area (Å²) in [4.78, 5) is 6.85. The van der Waals surface area contributed by atoms with Gasteiger partial charge in [0, 0.05) is 18.3 Å². The maximum absolute atomic E-state index is 4.44. The van der Waals surface area contributed by atoms with Crippen LogP contribution < -0.4 is 5.32 Å². The average molecular weight is 261 g/mol. The van der Waals surface area contributed by atoms with Crippen molar-refractivity contribution < 1.29 is 0 Å². The lowest BCUT2D eigenvalue weighted by Gasteiger charge is -2.45. The van der Waals surface area contributed by atoms with Crippen molar-refractivity contribution in [3.8, 4) is 0 Å². The van der Waals surface area contributed by atoms with Crippen molar-refractivity contribution in [1.82, 2.24) is 9.88 Å². The van der Waals surface area contributed by atoms with Crippen LogP contribution in [0.3, 0.4) is 0 Å². The predicted molar refractivity (Wildman–Crippen MR) is 81.5 cm³/mol. The van der Waals surface area contributed by atoms with Gasteiger partial charge in [-0.15, -0.1) is 0 Å². The molecule has 3 heteroatoms. The minimum atomic E-state index is 0.282. The van der Waals surface area contributed by atoms with Crippen molar-refractivity contribution in [3.63, 3.8) is 0 Å². The van der Waals surface area contributed by atoms with Crippen molar-refractivity contribution in [3.05, 3.63) is 23.9 Å². The second kappa shape index (κ2) is 5.91. The smallest absolute Gasteiger partial charge is 0.125 e. The number of pyridine rings is 1. The van der Waals surface area contributed by atoms with Gasteiger partial charge >= 0.3 is 0 Å². The third kappa shape index (κ3) is 3.47. The molecular formula is C16H27N3. The van der Waals surface area contributed by atoms with Gasteiger partial charge in [-0.3, -0.25) is 0 Å². The first-order chi connectivity index (χ1) is 9.02. The van der Waals surface area contributed by atoms with Crippen LogP contribution in [-0.4, -0.2) is 36.1 Å². The molecule has 1 aliphatic carbocycles. The molecule has 0 spiro atoms. The molecule has 19 heavy (non-hydrogen) atoms. The fraction of sp³-hybridized carbons (Fsp3) is 0.688. The first-order valence-electron chi connectivity index (χ1n) is 7.36. The molecule has 2 unspecified atom stereocenters. The number of anilines is 1. The van der Waals surface area contributed by atoms with Crippen molar-refractivity contribution in [2.45, 2.75) is 45.1 Å². The Bertz CT molecular complexity index is 399. The van der Waals surface area contributed by atoms with Crippen LogP contribution in [0.15, 0.2) is 18.3 Å². The molecule has 1 aromatic heterocycles. The molecule has 2 atom stereocenters. The molecule has 1 aliphatic rings. The van der Waals surface area contributed by atoms with Gasteiger partial charge in [-0.2, -0.15) is 0 Å². The van der Waals surface area contributed by atoms with Crippen molar-refractivity contribution in [2.24, 2.45) is 5.92 Å². The second-order valence-electron chi connectivity index (χ2n) is 6.39. The Morgan fingerprint density at radius 1 is 1.42 bits per heavy atom. The lowest BCUT2D eigenvalue weighted by Crippen LogP contribution is -2.52. The van der Waals surface area contributed by atoms with Gasteiger partial charge in [-0.25, -0.2) is 4.98 Å². The van der Waals surface area contributed by atoms with E-state index in [0.29, 0.717) is 0 Å². The standard InChI is InChI=1S/C16H27N3/c1-13-6-5-9-16(10-13,19(3)4)12-18-15-8-7-14(2)11-17-15/h7-8,11,13H,5-6,9-10,12H2,1-4H3,(H,17,18). The third-order valence-corrected chi connectivity index (χ3v) is 4.53. The summed E-state index contributed by atoms with van der Waals surface area (Å²) in [5.74, 6) is 1.81. The number of hydrogen-bond donors (Lipinski definition) is 1. The van der Waals surface area contributed by atoms with Crippen LogP contribution >= 0.6 is 0 Å². The van der Waals surface area contributed by atoms with Crippen LogP contribution in [-0.2, 0) is 0 Å². The monoisotopic (exact) mass is 261 g/mol. The fourth-order valence-electron chi connectivity index (χ4n) is 3.18. The SMILES string of the molecule is Cc1ccc(NCC2(N(C)C)CCCC(C)C2)nc1. The Kier molecular flexibility index (Phi) is 4.46. The molecular weight excluding hydrogens is 234 g/mol. The summed E-state index contributed by atoms with van der Waals surface area (Å²) in [5, 5.41) is 3.53. The van der Waals surface area contributed by atoms with E-state index in [4.69, 9.17) is 0 Å². The molecule has 0 saturated heterocycles. The molecule has 1 aromatic rings. The predicted octanol–water partition coefficient (Wildman–Crippen LogP) is 3.31. The molecule has 3 nitrogen and oxygen atoms in total. The van der Waals surface area contributed by atoms with E-state index in [2.05, 4.69) is 55.3 Å². The Hall–Kier alpha value is -1.09. The number of nitrogens with one attached hydrogen (secondary N) is 1. The Morgan fingerprint density at radius 2 is 2.21 bits per heavy atom. The van der Waals surface area contributed by atoms with Gasteiger partial charge in [0.1, 0.15) is 5.82 Å². The maximum Gasteiger partial charge on any atom is 0.125 e. The lowest BCUT2D eigenvalue weighted by molar-refractivity contribution is 0.0881. The molecule has 0 aliphatic heterocycles. The molecule has 2 rings (SSSR count). The number of aryl methyl sites for hydroxylation is 1. The molecule has 1 fully saturated rings. The summed E-state index contributed by atoms with van der Waals surface area (Å²) < 4.78 is 0. The van der Waals surface area contributed by atoms with Crippen LogP contribution in [0.25, 0.3) is 0 Å². The van der Waals surface area contributed by atoms with Crippen molar-refractivity contribution in [1.29, 1.82) is 0 Å². The summed E-state index contributed by atoms with van der Waals surface area (Å²) in [6.07, 6.45) is 7.19. The van der Waals surface area contributed by atoms with Crippen LogP contribution in [0.1, 0.15) is 38.2 Å². The zero-order chi connectivity index (χ0) is 13.9. The highest BCUT2D eigenvalue weighted by Gasteiger charge is 2.36. The molecule has 0 bridgehead atoms. The number of rotatable bonds is 4. The molecule has 0 aromatic carbocycles. The van der Waals surface area contributed by atoms with Gasteiger partial charge in [-0.1, -0.05) is 25.8 Å². The quantitative estimate of drug-likeness (QED) is 0.901. The summed E-state index contributed by atoms with van der Waals surface area (Å²) in [7, 11) is 4.42. The van der Waals surface area contributed by atoms with E-state index in [0.717, 1.165) is 18.3 Å². The molecule has 0 radical (unpaired) electrons. The minimum Gasteiger partial charge on any atom is -0.368 e. The summed E-state index contributed by atoms with van der Waals surface area (Å²) in [6, 6.07) is 4.19. The molecule has 1 heterocycles. The highest BCUT2D eigenvalue weighted by Crippen LogP contribution is 2.35. The average Bonchev–Trinajstić information content (AvgIpc) is 2.38.